The fourth-order valence-corrected chi connectivity index (χ4v) is 3.78. The molecule has 0 aromatic carbocycles. The lowest BCUT2D eigenvalue weighted by atomic mass is 9.86. The maximum Gasteiger partial charge on any atom is 0.152 e. The minimum absolute atomic E-state index is 0.306. The van der Waals surface area contributed by atoms with E-state index in [0.29, 0.717) is 18.6 Å². The van der Waals surface area contributed by atoms with Crippen molar-refractivity contribution in [2.24, 2.45) is 5.92 Å². The highest BCUT2D eigenvalue weighted by atomic mass is 32.1. The standard InChI is InChI=1S/C14H19N3OS/c1-10-13(19-9-16-10)14-15-5-6-17(14)12-4-2-3-11(7-12)8-18/h5-6,9,11-12,18H,2-4,7-8H2,1H3/t11-,12-/m1/s1. The molecule has 0 amide bonds. The van der Waals surface area contributed by atoms with E-state index in [9.17, 15) is 5.11 Å². The van der Waals surface area contributed by atoms with E-state index in [-0.39, 0.29) is 0 Å². The highest BCUT2D eigenvalue weighted by Gasteiger charge is 2.25. The van der Waals surface area contributed by atoms with Gasteiger partial charge in [-0.15, -0.1) is 11.3 Å². The molecule has 2 heterocycles. The monoisotopic (exact) mass is 277 g/mol. The van der Waals surface area contributed by atoms with Gasteiger partial charge in [-0.2, -0.15) is 0 Å². The van der Waals surface area contributed by atoms with Gasteiger partial charge in [0.2, 0.25) is 0 Å². The number of nitrogens with zero attached hydrogens (tertiary/aromatic N) is 3. The number of hydrogen-bond donors (Lipinski definition) is 1. The van der Waals surface area contributed by atoms with Crippen molar-refractivity contribution in [3.05, 3.63) is 23.6 Å². The predicted octanol–water partition coefficient (Wildman–Crippen LogP) is 3.04. The molecule has 5 heteroatoms. The molecular weight excluding hydrogens is 258 g/mol. The van der Waals surface area contributed by atoms with Crippen molar-refractivity contribution >= 4 is 11.3 Å². The summed E-state index contributed by atoms with van der Waals surface area (Å²) in [5, 5.41) is 9.37. The number of rotatable bonds is 3. The Labute approximate surface area is 117 Å². The summed E-state index contributed by atoms with van der Waals surface area (Å²) in [7, 11) is 0. The number of aryl methyl sites for hydroxylation is 1. The van der Waals surface area contributed by atoms with E-state index in [2.05, 4.69) is 20.7 Å². The normalized spacial score (nSPS) is 23.7. The van der Waals surface area contributed by atoms with Crippen molar-refractivity contribution in [2.75, 3.05) is 6.61 Å². The summed E-state index contributed by atoms with van der Waals surface area (Å²) in [6, 6.07) is 0.463. The number of aliphatic hydroxyl groups is 1. The highest BCUT2D eigenvalue weighted by molar-refractivity contribution is 7.13. The molecule has 1 fully saturated rings. The van der Waals surface area contributed by atoms with Crippen molar-refractivity contribution in [3.63, 3.8) is 0 Å². The van der Waals surface area contributed by atoms with Gasteiger partial charge >= 0.3 is 0 Å². The molecule has 1 aliphatic rings. The lowest BCUT2D eigenvalue weighted by Crippen LogP contribution is -2.21. The maximum atomic E-state index is 9.37. The van der Waals surface area contributed by atoms with E-state index in [4.69, 9.17) is 0 Å². The Hall–Kier alpha value is -1.20. The number of hydrogen-bond acceptors (Lipinski definition) is 4. The third kappa shape index (κ3) is 2.44. The van der Waals surface area contributed by atoms with Gasteiger partial charge in [-0.25, -0.2) is 9.97 Å². The molecule has 0 aliphatic heterocycles. The van der Waals surface area contributed by atoms with Gasteiger partial charge in [0.1, 0.15) is 0 Å². The molecule has 0 spiro atoms. The highest BCUT2D eigenvalue weighted by Crippen LogP contribution is 2.36. The van der Waals surface area contributed by atoms with Crippen LogP contribution in [-0.4, -0.2) is 26.2 Å². The summed E-state index contributed by atoms with van der Waals surface area (Å²) >= 11 is 1.65. The van der Waals surface area contributed by atoms with Gasteiger partial charge in [-0.1, -0.05) is 6.42 Å². The summed E-state index contributed by atoms with van der Waals surface area (Å²) < 4.78 is 2.28. The fourth-order valence-electron chi connectivity index (χ4n) is 2.98. The number of aliphatic hydroxyl groups excluding tert-OH is 1. The zero-order valence-electron chi connectivity index (χ0n) is 11.1. The Morgan fingerprint density at radius 3 is 3.05 bits per heavy atom. The summed E-state index contributed by atoms with van der Waals surface area (Å²) in [4.78, 5) is 9.99. The Bertz CT molecular complexity index is 548. The second-order valence-electron chi connectivity index (χ2n) is 5.29. The topological polar surface area (TPSA) is 50.9 Å². The van der Waals surface area contributed by atoms with Crippen LogP contribution in [0.5, 0.6) is 0 Å². The van der Waals surface area contributed by atoms with Crippen LogP contribution in [0.4, 0.5) is 0 Å². The summed E-state index contributed by atoms with van der Waals surface area (Å²) in [5.41, 5.74) is 2.92. The molecular formula is C14H19N3OS. The first-order chi connectivity index (χ1) is 9.29. The molecule has 0 radical (unpaired) electrons. The van der Waals surface area contributed by atoms with Crippen LogP contribution in [0.15, 0.2) is 17.9 Å². The van der Waals surface area contributed by atoms with Gasteiger partial charge in [0.25, 0.3) is 0 Å². The fraction of sp³-hybridized carbons (Fsp3) is 0.571. The van der Waals surface area contributed by atoms with Crippen LogP contribution >= 0.6 is 11.3 Å². The van der Waals surface area contributed by atoms with Crippen molar-refractivity contribution in [1.29, 1.82) is 0 Å². The minimum atomic E-state index is 0.306. The third-order valence-corrected chi connectivity index (χ3v) is 4.95. The van der Waals surface area contributed by atoms with Gasteiger partial charge in [0.15, 0.2) is 5.82 Å². The Balaban J connectivity index is 1.90. The molecule has 0 saturated heterocycles. The molecule has 2 aromatic heterocycles. The van der Waals surface area contributed by atoms with Crippen LogP contribution in [0, 0.1) is 12.8 Å². The first-order valence-electron chi connectivity index (χ1n) is 6.83. The third-order valence-electron chi connectivity index (χ3n) is 4.02. The Kier molecular flexibility index (Phi) is 3.66. The van der Waals surface area contributed by atoms with Gasteiger partial charge in [0.05, 0.1) is 16.1 Å². The SMILES string of the molecule is Cc1ncsc1-c1nccn1[C@@H]1CCC[C@@H](CO)C1. The number of aromatic nitrogens is 3. The van der Waals surface area contributed by atoms with Gasteiger partial charge in [-0.05, 0) is 32.1 Å². The average molecular weight is 277 g/mol. The van der Waals surface area contributed by atoms with E-state index in [0.717, 1.165) is 29.2 Å². The van der Waals surface area contributed by atoms with E-state index < -0.39 is 0 Å². The molecule has 1 N–H and O–H groups in total. The summed E-state index contributed by atoms with van der Waals surface area (Å²) in [6.45, 7) is 2.34. The number of thiazole rings is 1. The zero-order valence-corrected chi connectivity index (χ0v) is 11.9. The molecule has 19 heavy (non-hydrogen) atoms. The number of imidazole rings is 1. The second kappa shape index (κ2) is 5.43. The smallest absolute Gasteiger partial charge is 0.152 e. The van der Waals surface area contributed by atoms with Gasteiger partial charge in [-0.3, -0.25) is 0 Å². The lowest BCUT2D eigenvalue weighted by Gasteiger charge is -2.29. The molecule has 102 valence electrons. The van der Waals surface area contributed by atoms with Crippen LogP contribution in [0.25, 0.3) is 10.7 Å². The Morgan fingerprint density at radius 2 is 2.32 bits per heavy atom. The average Bonchev–Trinajstić information content (AvgIpc) is 3.06. The summed E-state index contributed by atoms with van der Waals surface area (Å²) in [5.74, 6) is 1.47. The van der Waals surface area contributed by atoms with Crippen LogP contribution < -0.4 is 0 Å². The van der Waals surface area contributed by atoms with Crippen molar-refractivity contribution < 1.29 is 5.11 Å². The van der Waals surface area contributed by atoms with Gasteiger partial charge < -0.3 is 9.67 Å². The maximum absolute atomic E-state index is 9.37. The zero-order chi connectivity index (χ0) is 13.2. The van der Waals surface area contributed by atoms with E-state index >= 15 is 0 Å². The van der Waals surface area contributed by atoms with E-state index in [1.54, 1.807) is 11.3 Å². The molecule has 2 aromatic rings. The molecule has 4 nitrogen and oxygen atoms in total. The van der Waals surface area contributed by atoms with Crippen molar-refractivity contribution in [1.82, 2.24) is 14.5 Å². The van der Waals surface area contributed by atoms with Crippen LogP contribution in [0.3, 0.4) is 0 Å². The van der Waals surface area contributed by atoms with Crippen molar-refractivity contribution in [2.45, 2.75) is 38.6 Å². The molecule has 1 aliphatic carbocycles. The van der Waals surface area contributed by atoms with Crippen LogP contribution in [-0.2, 0) is 0 Å². The van der Waals surface area contributed by atoms with Crippen LogP contribution in [0.1, 0.15) is 37.4 Å². The predicted molar refractivity (Wildman–Crippen MR) is 76.2 cm³/mol. The molecule has 0 unspecified atom stereocenters. The summed E-state index contributed by atoms with van der Waals surface area (Å²) in [6.07, 6.45) is 8.51. The Morgan fingerprint density at radius 1 is 1.42 bits per heavy atom. The van der Waals surface area contributed by atoms with E-state index in [1.807, 2.05) is 18.6 Å². The second-order valence-corrected chi connectivity index (χ2v) is 6.15. The van der Waals surface area contributed by atoms with Crippen LogP contribution in [0.2, 0.25) is 0 Å². The van der Waals surface area contributed by atoms with Gasteiger partial charge in [0, 0.05) is 25.0 Å². The largest absolute Gasteiger partial charge is 0.396 e. The molecule has 0 bridgehead atoms. The molecule has 1 saturated carbocycles. The first kappa shape index (κ1) is 12.8. The minimum Gasteiger partial charge on any atom is -0.396 e. The van der Waals surface area contributed by atoms with E-state index in [1.165, 1.54) is 12.8 Å². The molecule has 3 rings (SSSR count). The first-order valence-corrected chi connectivity index (χ1v) is 7.71. The quantitative estimate of drug-likeness (QED) is 0.938. The van der Waals surface area contributed by atoms with Crippen molar-refractivity contribution in [3.8, 4) is 10.7 Å². The lowest BCUT2D eigenvalue weighted by molar-refractivity contribution is 0.163. The molecule has 2 atom stereocenters.